The Balaban J connectivity index is 2.14. The van der Waals surface area contributed by atoms with Crippen LogP contribution in [0, 0.1) is 6.92 Å². The van der Waals surface area contributed by atoms with E-state index in [-0.39, 0.29) is 41.2 Å². The first-order chi connectivity index (χ1) is 20.9. The first-order valence-corrected chi connectivity index (χ1v) is 16.4. The van der Waals surface area contributed by atoms with Gasteiger partial charge in [0.05, 0.1) is 24.8 Å². The van der Waals surface area contributed by atoms with Crippen molar-refractivity contribution in [2.24, 2.45) is 0 Å². The number of rotatable bonds is 14. The molecule has 0 saturated heterocycles. The number of amides is 2. The average molecular weight is 665 g/mol. The Morgan fingerprint density at radius 3 is 2.14 bits per heavy atom. The van der Waals surface area contributed by atoms with Crippen LogP contribution in [0.1, 0.15) is 44.7 Å². The highest BCUT2D eigenvalue weighted by atomic mass is 35.5. The van der Waals surface area contributed by atoms with Gasteiger partial charge in [-0.05, 0) is 68.7 Å². The lowest BCUT2D eigenvalue weighted by molar-refractivity contribution is -0.140. The van der Waals surface area contributed by atoms with E-state index in [1.165, 1.54) is 43.4 Å². The molecule has 3 aromatic rings. The highest BCUT2D eigenvalue weighted by Crippen LogP contribution is 2.34. The van der Waals surface area contributed by atoms with Crippen LogP contribution < -0.4 is 19.1 Å². The van der Waals surface area contributed by atoms with Crippen molar-refractivity contribution in [2.75, 3.05) is 25.1 Å². The minimum Gasteiger partial charge on any atom is -0.493 e. The minimum absolute atomic E-state index is 0.000430. The molecule has 0 fully saturated rings. The number of benzene rings is 3. The molecule has 2 atom stereocenters. The molecule has 3 rings (SSSR count). The lowest BCUT2D eigenvalue weighted by Crippen LogP contribution is -2.53. The maximum Gasteiger partial charge on any atom is 0.264 e. The van der Waals surface area contributed by atoms with Gasteiger partial charge < -0.3 is 19.7 Å². The number of hydrogen-bond donors (Lipinski definition) is 1. The Labute approximate surface area is 270 Å². The van der Waals surface area contributed by atoms with Gasteiger partial charge in [0.25, 0.3) is 10.0 Å². The number of anilines is 1. The van der Waals surface area contributed by atoms with Gasteiger partial charge in [-0.25, -0.2) is 8.42 Å². The molecule has 0 aromatic heterocycles. The van der Waals surface area contributed by atoms with Crippen LogP contribution in [-0.2, 0) is 26.2 Å². The molecule has 3 aromatic carbocycles. The van der Waals surface area contributed by atoms with E-state index < -0.39 is 28.5 Å². The van der Waals surface area contributed by atoms with Gasteiger partial charge in [0.1, 0.15) is 12.6 Å². The zero-order chi connectivity index (χ0) is 32.6. The van der Waals surface area contributed by atoms with Crippen molar-refractivity contribution >= 4 is 50.7 Å². The molecule has 2 amide bonds. The first kappa shape index (κ1) is 35.0. The van der Waals surface area contributed by atoms with Crippen LogP contribution in [0.2, 0.25) is 10.0 Å². The topological polar surface area (TPSA) is 105 Å². The molecule has 0 aliphatic rings. The van der Waals surface area contributed by atoms with Crippen LogP contribution in [0.25, 0.3) is 0 Å². The van der Waals surface area contributed by atoms with Crippen molar-refractivity contribution in [1.82, 2.24) is 10.2 Å². The number of halogens is 2. The molecule has 1 N–H and O–H groups in total. The van der Waals surface area contributed by atoms with E-state index in [9.17, 15) is 18.0 Å². The summed E-state index contributed by atoms with van der Waals surface area (Å²) in [4.78, 5) is 29.1. The van der Waals surface area contributed by atoms with Gasteiger partial charge in [-0.1, -0.05) is 60.8 Å². The lowest BCUT2D eigenvalue weighted by Gasteiger charge is -2.34. The molecule has 0 radical (unpaired) electrons. The molecule has 0 aliphatic heterocycles. The second kappa shape index (κ2) is 15.5. The predicted molar refractivity (Wildman–Crippen MR) is 174 cm³/mol. The van der Waals surface area contributed by atoms with Crippen LogP contribution in [0.15, 0.2) is 65.6 Å². The highest BCUT2D eigenvalue weighted by molar-refractivity contribution is 7.92. The van der Waals surface area contributed by atoms with E-state index in [0.29, 0.717) is 27.8 Å². The van der Waals surface area contributed by atoms with Gasteiger partial charge >= 0.3 is 0 Å². The Morgan fingerprint density at radius 1 is 0.909 bits per heavy atom. The minimum atomic E-state index is -4.26. The summed E-state index contributed by atoms with van der Waals surface area (Å²) in [5.74, 6) is -0.278. The van der Waals surface area contributed by atoms with Gasteiger partial charge in [-0.15, -0.1) is 0 Å². The SMILES string of the molecule is CC[C@@H](C)NC(=O)[C@H](CC)N(Cc1ccc(Cl)cc1Cl)C(=O)CN(c1ccc(OC)c(OC)c1)S(=O)(=O)c1ccc(C)cc1. The van der Waals surface area contributed by atoms with E-state index in [4.69, 9.17) is 32.7 Å². The molecule has 0 aliphatic carbocycles. The molecule has 0 heterocycles. The molecule has 44 heavy (non-hydrogen) atoms. The summed E-state index contributed by atoms with van der Waals surface area (Å²) in [5, 5.41) is 3.69. The zero-order valence-electron chi connectivity index (χ0n) is 25.8. The van der Waals surface area contributed by atoms with E-state index in [0.717, 1.165) is 9.87 Å². The highest BCUT2D eigenvalue weighted by Gasteiger charge is 2.34. The van der Waals surface area contributed by atoms with Crippen molar-refractivity contribution < 1.29 is 27.5 Å². The van der Waals surface area contributed by atoms with Crippen molar-refractivity contribution in [2.45, 2.75) is 64.1 Å². The molecule has 9 nitrogen and oxygen atoms in total. The van der Waals surface area contributed by atoms with Crippen molar-refractivity contribution in [3.63, 3.8) is 0 Å². The normalized spacial score (nSPS) is 12.6. The smallest absolute Gasteiger partial charge is 0.264 e. The third-order valence-electron chi connectivity index (χ3n) is 7.29. The van der Waals surface area contributed by atoms with Crippen LogP contribution in [-0.4, -0.2) is 58.0 Å². The number of aryl methyl sites for hydroxylation is 1. The Hall–Kier alpha value is -3.47. The van der Waals surface area contributed by atoms with Gasteiger partial charge in [0.2, 0.25) is 11.8 Å². The van der Waals surface area contributed by atoms with Gasteiger partial charge in [-0.2, -0.15) is 0 Å². The predicted octanol–water partition coefficient (Wildman–Crippen LogP) is 6.24. The molecule has 0 bridgehead atoms. The van der Waals surface area contributed by atoms with Gasteiger partial charge in [-0.3, -0.25) is 13.9 Å². The maximum atomic E-state index is 14.3. The number of hydrogen-bond acceptors (Lipinski definition) is 6. The van der Waals surface area contributed by atoms with Crippen LogP contribution >= 0.6 is 23.2 Å². The summed E-state index contributed by atoms with van der Waals surface area (Å²) in [6.07, 6.45) is 0.974. The maximum absolute atomic E-state index is 14.3. The molecule has 238 valence electrons. The quantitative estimate of drug-likeness (QED) is 0.219. The van der Waals surface area contributed by atoms with Crippen molar-refractivity contribution in [3.8, 4) is 11.5 Å². The number of ether oxygens (including phenoxy) is 2. The fourth-order valence-corrected chi connectivity index (χ4v) is 6.41. The molecule has 12 heteroatoms. The molecular formula is C32H39Cl2N3O6S. The number of methoxy groups -OCH3 is 2. The Bertz CT molecular complexity index is 1570. The van der Waals surface area contributed by atoms with E-state index in [1.54, 1.807) is 43.3 Å². The summed E-state index contributed by atoms with van der Waals surface area (Å²) in [6, 6.07) is 14.8. The number of nitrogens with zero attached hydrogens (tertiary/aromatic N) is 2. The molecular weight excluding hydrogens is 625 g/mol. The number of nitrogens with one attached hydrogen (secondary N) is 1. The lowest BCUT2D eigenvalue weighted by atomic mass is 10.1. The Morgan fingerprint density at radius 2 is 1.57 bits per heavy atom. The summed E-state index contributed by atoms with van der Waals surface area (Å²) >= 11 is 12.6. The van der Waals surface area contributed by atoms with Gasteiger partial charge in [0, 0.05) is 28.7 Å². The first-order valence-electron chi connectivity index (χ1n) is 14.2. The second-order valence-electron chi connectivity index (χ2n) is 10.4. The second-order valence-corrected chi connectivity index (χ2v) is 13.1. The summed E-state index contributed by atoms with van der Waals surface area (Å²) in [6.45, 7) is 6.80. The van der Waals surface area contributed by atoms with E-state index in [2.05, 4.69) is 5.32 Å². The number of sulfonamides is 1. The van der Waals surface area contributed by atoms with Crippen LogP contribution in [0.3, 0.4) is 0 Å². The monoisotopic (exact) mass is 663 g/mol. The van der Waals surface area contributed by atoms with Crippen molar-refractivity contribution in [1.29, 1.82) is 0 Å². The molecule has 0 spiro atoms. The number of carbonyl (C=O) groups is 2. The van der Waals surface area contributed by atoms with Crippen LogP contribution in [0.5, 0.6) is 11.5 Å². The zero-order valence-corrected chi connectivity index (χ0v) is 28.1. The average Bonchev–Trinajstić information content (AvgIpc) is 3.00. The summed E-state index contributed by atoms with van der Waals surface area (Å²) in [7, 11) is -1.36. The third kappa shape index (κ3) is 8.37. The van der Waals surface area contributed by atoms with Crippen LogP contribution in [0.4, 0.5) is 5.69 Å². The van der Waals surface area contributed by atoms with Gasteiger partial charge in [0.15, 0.2) is 11.5 Å². The molecule has 0 unspecified atom stereocenters. The van der Waals surface area contributed by atoms with E-state index in [1.807, 2.05) is 20.8 Å². The van der Waals surface area contributed by atoms with E-state index >= 15 is 0 Å². The third-order valence-corrected chi connectivity index (χ3v) is 9.66. The fraction of sp³-hybridized carbons (Fsp3) is 0.375. The molecule has 0 saturated carbocycles. The Kier molecular flexibility index (Phi) is 12.3. The fourth-order valence-electron chi connectivity index (χ4n) is 4.54. The number of carbonyl (C=O) groups excluding carboxylic acids is 2. The largest absolute Gasteiger partial charge is 0.493 e. The summed E-state index contributed by atoms with van der Waals surface area (Å²) in [5.41, 5.74) is 1.61. The summed E-state index contributed by atoms with van der Waals surface area (Å²) < 4.78 is 40.0. The standard InChI is InChI=1S/C32H39Cl2N3O6S/c1-7-22(4)35-32(39)28(8-2)36(19-23-11-12-24(33)17-27(23)34)31(38)20-37(25-13-16-29(42-5)30(18-25)43-6)44(40,41)26-14-9-21(3)10-15-26/h9-18,22,28H,7-8,19-20H2,1-6H3,(H,35,39)/t22-,28+/m1/s1. The van der Waals surface area contributed by atoms with Crippen molar-refractivity contribution in [3.05, 3.63) is 81.8 Å².